The third-order valence-electron chi connectivity index (χ3n) is 5.34. The molecular formula is C19H29N3O. The SMILES string of the molecule is CCC(CNC(=O)NC1CCCC1)N1CCc2ccccc2C1. The van der Waals surface area contributed by atoms with Crippen molar-refractivity contribution in [3.8, 4) is 0 Å². The topological polar surface area (TPSA) is 44.4 Å². The molecule has 1 heterocycles. The summed E-state index contributed by atoms with van der Waals surface area (Å²) in [5.41, 5.74) is 2.91. The molecule has 1 aromatic carbocycles. The molecule has 23 heavy (non-hydrogen) atoms. The molecule has 1 aliphatic heterocycles. The second-order valence-corrected chi connectivity index (χ2v) is 6.89. The molecule has 126 valence electrons. The fourth-order valence-electron chi connectivity index (χ4n) is 3.88. The first-order chi connectivity index (χ1) is 11.3. The van der Waals surface area contributed by atoms with Gasteiger partial charge in [0.05, 0.1) is 0 Å². The number of benzene rings is 1. The molecule has 4 nitrogen and oxygen atoms in total. The van der Waals surface area contributed by atoms with E-state index in [1.807, 2.05) is 0 Å². The highest BCUT2D eigenvalue weighted by atomic mass is 16.2. The lowest BCUT2D eigenvalue weighted by Gasteiger charge is -2.35. The Bertz CT molecular complexity index is 525. The van der Waals surface area contributed by atoms with Gasteiger partial charge in [-0.3, -0.25) is 4.90 Å². The lowest BCUT2D eigenvalue weighted by Crippen LogP contribution is -2.49. The molecule has 0 spiro atoms. The molecule has 1 aliphatic carbocycles. The van der Waals surface area contributed by atoms with E-state index in [2.05, 4.69) is 46.7 Å². The fraction of sp³-hybridized carbons (Fsp3) is 0.632. The summed E-state index contributed by atoms with van der Waals surface area (Å²) in [5, 5.41) is 6.20. The molecule has 2 amide bonds. The van der Waals surface area contributed by atoms with Gasteiger partial charge in [-0.1, -0.05) is 44.0 Å². The van der Waals surface area contributed by atoms with Gasteiger partial charge in [-0.05, 0) is 36.8 Å². The van der Waals surface area contributed by atoms with Crippen molar-refractivity contribution in [2.75, 3.05) is 13.1 Å². The zero-order valence-corrected chi connectivity index (χ0v) is 14.2. The van der Waals surface area contributed by atoms with Crippen LogP contribution >= 0.6 is 0 Å². The highest BCUT2D eigenvalue weighted by molar-refractivity contribution is 5.74. The van der Waals surface area contributed by atoms with Crippen molar-refractivity contribution < 1.29 is 4.79 Å². The molecule has 0 aromatic heterocycles. The normalized spacial score (nSPS) is 20.0. The molecule has 1 unspecified atom stereocenters. The molecule has 1 saturated carbocycles. The zero-order chi connectivity index (χ0) is 16.1. The van der Waals surface area contributed by atoms with Crippen LogP contribution < -0.4 is 10.6 Å². The third-order valence-corrected chi connectivity index (χ3v) is 5.34. The molecule has 3 rings (SSSR count). The second-order valence-electron chi connectivity index (χ2n) is 6.89. The summed E-state index contributed by atoms with van der Waals surface area (Å²) in [4.78, 5) is 14.6. The number of nitrogens with one attached hydrogen (secondary N) is 2. The quantitative estimate of drug-likeness (QED) is 0.877. The number of hydrogen-bond acceptors (Lipinski definition) is 2. The maximum atomic E-state index is 12.1. The standard InChI is InChI=1S/C19H29N3O/c1-2-18(13-20-19(23)21-17-9-5-6-10-17)22-12-11-15-7-3-4-8-16(15)14-22/h3-4,7-8,17-18H,2,5-6,9-14H2,1H3,(H2,20,21,23). The van der Waals surface area contributed by atoms with Gasteiger partial charge >= 0.3 is 6.03 Å². The smallest absolute Gasteiger partial charge is 0.315 e. The Morgan fingerprint density at radius 3 is 2.74 bits per heavy atom. The van der Waals surface area contributed by atoms with Crippen LogP contribution in [0.2, 0.25) is 0 Å². The van der Waals surface area contributed by atoms with E-state index < -0.39 is 0 Å². The number of nitrogens with zero attached hydrogens (tertiary/aromatic N) is 1. The van der Waals surface area contributed by atoms with Gasteiger partial charge < -0.3 is 10.6 Å². The predicted octanol–water partition coefficient (Wildman–Crippen LogP) is 3.07. The zero-order valence-electron chi connectivity index (χ0n) is 14.2. The highest BCUT2D eigenvalue weighted by Gasteiger charge is 2.23. The summed E-state index contributed by atoms with van der Waals surface area (Å²) in [6.45, 7) is 5.03. The summed E-state index contributed by atoms with van der Waals surface area (Å²) in [5.74, 6) is 0. The predicted molar refractivity (Wildman–Crippen MR) is 93.4 cm³/mol. The van der Waals surface area contributed by atoms with Gasteiger partial charge in [0.25, 0.3) is 0 Å². The summed E-state index contributed by atoms with van der Waals surface area (Å²) < 4.78 is 0. The van der Waals surface area contributed by atoms with Gasteiger partial charge in [0.1, 0.15) is 0 Å². The molecule has 1 aromatic rings. The third kappa shape index (κ3) is 4.25. The Balaban J connectivity index is 1.49. The van der Waals surface area contributed by atoms with Crippen LogP contribution in [-0.2, 0) is 13.0 Å². The van der Waals surface area contributed by atoms with E-state index in [0.29, 0.717) is 12.1 Å². The van der Waals surface area contributed by atoms with Crippen LogP contribution in [0.5, 0.6) is 0 Å². The average molecular weight is 315 g/mol. The van der Waals surface area contributed by atoms with E-state index >= 15 is 0 Å². The van der Waals surface area contributed by atoms with Crippen LogP contribution in [0.15, 0.2) is 24.3 Å². The van der Waals surface area contributed by atoms with E-state index in [9.17, 15) is 4.79 Å². The van der Waals surface area contributed by atoms with Gasteiger partial charge in [0.2, 0.25) is 0 Å². The van der Waals surface area contributed by atoms with Crippen LogP contribution in [-0.4, -0.2) is 36.1 Å². The first-order valence-corrected chi connectivity index (χ1v) is 9.11. The number of rotatable bonds is 5. The maximum absolute atomic E-state index is 12.1. The van der Waals surface area contributed by atoms with Crippen molar-refractivity contribution in [1.29, 1.82) is 0 Å². The number of hydrogen-bond donors (Lipinski definition) is 2. The Morgan fingerprint density at radius 1 is 1.26 bits per heavy atom. The van der Waals surface area contributed by atoms with Crippen molar-refractivity contribution >= 4 is 6.03 Å². The fourth-order valence-corrected chi connectivity index (χ4v) is 3.88. The monoisotopic (exact) mass is 315 g/mol. The van der Waals surface area contributed by atoms with Gasteiger partial charge in [-0.2, -0.15) is 0 Å². The van der Waals surface area contributed by atoms with Crippen molar-refractivity contribution in [1.82, 2.24) is 15.5 Å². The van der Waals surface area contributed by atoms with E-state index in [0.717, 1.165) is 45.3 Å². The average Bonchev–Trinajstić information content (AvgIpc) is 3.08. The van der Waals surface area contributed by atoms with Crippen molar-refractivity contribution in [3.63, 3.8) is 0 Å². The largest absolute Gasteiger partial charge is 0.337 e. The molecule has 1 fully saturated rings. The number of urea groups is 1. The van der Waals surface area contributed by atoms with Crippen molar-refractivity contribution in [2.45, 2.75) is 64.1 Å². The minimum Gasteiger partial charge on any atom is -0.337 e. The van der Waals surface area contributed by atoms with E-state index in [1.54, 1.807) is 0 Å². The molecule has 0 saturated heterocycles. The van der Waals surface area contributed by atoms with E-state index in [-0.39, 0.29) is 6.03 Å². The van der Waals surface area contributed by atoms with Gasteiger partial charge in [0.15, 0.2) is 0 Å². The molecule has 0 bridgehead atoms. The van der Waals surface area contributed by atoms with Gasteiger partial charge in [-0.25, -0.2) is 4.79 Å². The Hall–Kier alpha value is -1.55. The first kappa shape index (κ1) is 16.3. The van der Waals surface area contributed by atoms with Crippen LogP contribution in [0.4, 0.5) is 4.79 Å². The summed E-state index contributed by atoms with van der Waals surface area (Å²) in [6.07, 6.45) is 6.93. The molecule has 0 radical (unpaired) electrons. The minimum atomic E-state index is 0.00718. The van der Waals surface area contributed by atoms with Crippen LogP contribution in [0.25, 0.3) is 0 Å². The lowest BCUT2D eigenvalue weighted by atomic mass is 9.98. The lowest BCUT2D eigenvalue weighted by molar-refractivity contribution is 0.169. The number of carbonyl (C=O) groups excluding carboxylic acids is 1. The van der Waals surface area contributed by atoms with Crippen LogP contribution in [0, 0.1) is 0 Å². The number of amides is 2. The minimum absolute atomic E-state index is 0.00718. The van der Waals surface area contributed by atoms with Gasteiger partial charge in [0, 0.05) is 31.7 Å². The molecule has 2 aliphatic rings. The highest BCUT2D eigenvalue weighted by Crippen LogP contribution is 2.21. The second kappa shape index (κ2) is 7.82. The molecular weight excluding hydrogens is 286 g/mol. The molecule has 2 N–H and O–H groups in total. The molecule has 4 heteroatoms. The Labute approximate surface area is 139 Å². The summed E-state index contributed by atoms with van der Waals surface area (Å²) >= 11 is 0. The Kier molecular flexibility index (Phi) is 5.55. The number of carbonyl (C=O) groups is 1. The van der Waals surface area contributed by atoms with Crippen molar-refractivity contribution in [3.05, 3.63) is 35.4 Å². The van der Waals surface area contributed by atoms with Crippen LogP contribution in [0.3, 0.4) is 0 Å². The Morgan fingerprint density at radius 2 is 2.00 bits per heavy atom. The summed E-state index contributed by atoms with van der Waals surface area (Å²) in [6, 6.07) is 9.52. The number of fused-ring (bicyclic) bond motifs is 1. The van der Waals surface area contributed by atoms with E-state index in [1.165, 1.54) is 24.0 Å². The van der Waals surface area contributed by atoms with Crippen molar-refractivity contribution in [2.24, 2.45) is 0 Å². The maximum Gasteiger partial charge on any atom is 0.315 e. The van der Waals surface area contributed by atoms with Gasteiger partial charge in [-0.15, -0.1) is 0 Å². The van der Waals surface area contributed by atoms with E-state index in [4.69, 9.17) is 0 Å². The first-order valence-electron chi connectivity index (χ1n) is 9.11. The molecule has 1 atom stereocenters. The van der Waals surface area contributed by atoms with Crippen LogP contribution in [0.1, 0.15) is 50.2 Å². The summed E-state index contributed by atoms with van der Waals surface area (Å²) in [7, 11) is 0.